The Balaban J connectivity index is 1.48. The van der Waals surface area contributed by atoms with Gasteiger partial charge in [0.1, 0.15) is 5.75 Å². The second-order valence-corrected chi connectivity index (χ2v) is 6.76. The number of aromatic hydroxyl groups is 1. The highest BCUT2D eigenvalue weighted by molar-refractivity contribution is 5.80. The van der Waals surface area contributed by atoms with Crippen LogP contribution in [-0.4, -0.2) is 24.8 Å². The van der Waals surface area contributed by atoms with Crippen LogP contribution in [-0.2, 0) is 0 Å². The van der Waals surface area contributed by atoms with E-state index in [1.54, 1.807) is 24.3 Å². The molecule has 5 rings (SSSR count). The summed E-state index contributed by atoms with van der Waals surface area (Å²) in [5.74, 6) is 1.17. The van der Waals surface area contributed by atoms with Gasteiger partial charge < -0.3 is 14.2 Å². The van der Waals surface area contributed by atoms with E-state index in [9.17, 15) is 5.11 Å². The van der Waals surface area contributed by atoms with Crippen molar-refractivity contribution in [1.82, 2.24) is 19.7 Å². The molecule has 2 aromatic heterocycles. The van der Waals surface area contributed by atoms with Crippen LogP contribution in [0, 0.1) is 0 Å². The summed E-state index contributed by atoms with van der Waals surface area (Å²) in [5.41, 5.74) is 3.74. The van der Waals surface area contributed by atoms with Crippen LogP contribution in [0.25, 0.3) is 33.9 Å². The van der Waals surface area contributed by atoms with Gasteiger partial charge in [-0.05, 0) is 55.3 Å². The van der Waals surface area contributed by atoms with Crippen LogP contribution in [0.15, 0.2) is 53.3 Å². The van der Waals surface area contributed by atoms with Gasteiger partial charge in [0.05, 0.1) is 17.4 Å². The van der Waals surface area contributed by atoms with Crippen molar-refractivity contribution in [3.05, 3.63) is 48.8 Å². The zero-order chi connectivity index (χ0) is 17.5. The standard InChI is InChI=1S/C20H18N4O2/c25-16-8-5-13(6-9-16)19-22-20(26-23-19)14-7-10-18-17(11-14)21-12-24(18)15-3-1-2-4-15/h5-12,15,25H,1-4H2. The lowest BCUT2D eigenvalue weighted by molar-refractivity contribution is 0.432. The Hall–Kier alpha value is -3.15. The lowest BCUT2D eigenvalue weighted by atomic mass is 10.1. The summed E-state index contributed by atoms with van der Waals surface area (Å²) in [5, 5.41) is 13.4. The van der Waals surface area contributed by atoms with Gasteiger partial charge in [0, 0.05) is 17.2 Å². The maximum atomic E-state index is 9.39. The first-order chi connectivity index (χ1) is 12.8. The van der Waals surface area contributed by atoms with E-state index >= 15 is 0 Å². The number of aromatic nitrogens is 4. The van der Waals surface area contributed by atoms with Crippen LogP contribution in [0.4, 0.5) is 0 Å². The van der Waals surface area contributed by atoms with E-state index in [-0.39, 0.29) is 5.75 Å². The molecule has 0 bridgehead atoms. The van der Waals surface area contributed by atoms with Crippen LogP contribution in [0.3, 0.4) is 0 Å². The third-order valence-corrected chi connectivity index (χ3v) is 5.09. The molecule has 1 saturated carbocycles. The van der Waals surface area contributed by atoms with Crippen molar-refractivity contribution in [3.63, 3.8) is 0 Å². The van der Waals surface area contributed by atoms with Crippen molar-refractivity contribution < 1.29 is 9.63 Å². The van der Waals surface area contributed by atoms with Gasteiger partial charge in [-0.15, -0.1) is 0 Å². The summed E-state index contributed by atoms with van der Waals surface area (Å²) in [7, 11) is 0. The number of imidazole rings is 1. The highest BCUT2D eigenvalue weighted by Crippen LogP contribution is 2.33. The highest BCUT2D eigenvalue weighted by atomic mass is 16.5. The van der Waals surface area contributed by atoms with E-state index in [2.05, 4.69) is 25.8 Å². The fraction of sp³-hybridized carbons (Fsp3) is 0.250. The SMILES string of the molecule is Oc1ccc(-c2noc(-c3ccc4c(c3)ncn4C3CCCC3)n2)cc1. The molecule has 0 atom stereocenters. The number of benzene rings is 2. The zero-order valence-corrected chi connectivity index (χ0v) is 14.2. The number of nitrogens with zero attached hydrogens (tertiary/aromatic N) is 4. The fourth-order valence-electron chi connectivity index (χ4n) is 3.71. The van der Waals surface area contributed by atoms with E-state index in [1.165, 1.54) is 25.7 Å². The summed E-state index contributed by atoms with van der Waals surface area (Å²) in [6.07, 6.45) is 6.99. The van der Waals surface area contributed by atoms with Crippen LogP contribution < -0.4 is 0 Å². The first-order valence-corrected chi connectivity index (χ1v) is 8.88. The molecule has 1 fully saturated rings. The second-order valence-electron chi connectivity index (χ2n) is 6.76. The van der Waals surface area contributed by atoms with Crippen LogP contribution in [0.1, 0.15) is 31.7 Å². The van der Waals surface area contributed by atoms with Crippen molar-refractivity contribution >= 4 is 11.0 Å². The lowest BCUT2D eigenvalue weighted by Gasteiger charge is -2.11. The van der Waals surface area contributed by atoms with Crippen LogP contribution >= 0.6 is 0 Å². The minimum atomic E-state index is 0.209. The second kappa shape index (κ2) is 5.98. The quantitative estimate of drug-likeness (QED) is 0.588. The smallest absolute Gasteiger partial charge is 0.258 e. The molecule has 0 spiro atoms. The van der Waals surface area contributed by atoms with Gasteiger partial charge in [0.25, 0.3) is 5.89 Å². The molecule has 1 aliphatic carbocycles. The average Bonchev–Trinajstić information content (AvgIpc) is 3.41. The van der Waals surface area contributed by atoms with Crippen LogP contribution in [0.2, 0.25) is 0 Å². The molecule has 4 aromatic rings. The molecule has 6 nitrogen and oxygen atoms in total. The van der Waals surface area contributed by atoms with E-state index in [4.69, 9.17) is 4.52 Å². The molecule has 6 heteroatoms. The van der Waals surface area contributed by atoms with E-state index < -0.39 is 0 Å². The zero-order valence-electron chi connectivity index (χ0n) is 14.2. The summed E-state index contributed by atoms with van der Waals surface area (Å²) < 4.78 is 7.73. The Morgan fingerprint density at radius 1 is 1.00 bits per heavy atom. The molecule has 1 N–H and O–H groups in total. The molecule has 0 radical (unpaired) electrons. The molecular weight excluding hydrogens is 328 g/mol. The minimum absolute atomic E-state index is 0.209. The first kappa shape index (κ1) is 15.1. The summed E-state index contributed by atoms with van der Waals surface area (Å²) >= 11 is 0. The number of hydrogen-bond donors (Lipinski definition) is 1. The summed E-state index contributed by atoms with van der Waals surface area (Å²) in [6, 6.07) is 13.4. The van der Waals surface area contributed by atoms with Crippen molar-refractivity contribution in [2.75, 3.05) is 0 Å². The Morgan fingerprint density at radius 3 is 2.58 bits per heavy atom. The van der Waals surface area contributed by atoms with Gasteiger partial charge in [-0.25, -0.2) is 4.98 Å². The monoisotopic (exact) mass is 346 g/mol. The maximum absolute atomic E-state index is 9.39. The largest absolute Gasteiger partial charge is 0.508 e. The maximum Gasteiger partial charge on any atom is 0.258 e. The predicted molar refractivity (Wildman–Crippen MR) is 97.6 cm³/mol. The number of phenols is 1. The summed E-state index contributed by atoms with van der Waals surface area (Å²) in [4.78, 5) is 9.05. The first-order valence-electron chi connectivity index (χ1n) is 8.88. The third-order valence-electron chi connectivity index (χ3n) is 5.09. The Bertz CT molecular complexity index is 1060. The van der Waals surface area contributed by atoms with Crippen molar-refractivity contribution in [3.8, 4) is 28.6 Å². The van der Waals surface area contributed by atoms with Crippen molar-refractivity contribution in [1.29, 1.82) is 0 Å². The number of hydrogen-bond acceptors (Lipinski definition) is 5. The Morgan fingerprint density at radius 2 is 1.77 bits per heavy atom. The van der Waals surface area contributed by atoms with Gasteiger partial charge in [-0.2, -0.15) is 4.98 Å². The Labute approximate surface area is 150 Å². The van der Waals surface area contributed by atoms with Gasteiger partial charge in [-0.3, -0.25) is 0 Å². The molecule has 0 amide bonds. The lowest BCUT2D eigenvalue weighted by Crippen LogP contribution is -2.02. The van der Waals surface area contributed by atoms with Crippen molar-refractivity contribution in [2.24, 2.45) is 0 Å². The summed E-state index contributed by atoms with van der Waals surface area (Å²) in [6.45, 7) is 0. The van der Waals surface area contributed by atoms with E-state index in [0.717, 1.165) is 22.2 Å². The molecule has 2 heterocycles. The van der Waals surface area contributed by atoms with E-state index in [0.29, 0.717) is 17.8 Å². The predicted octanol–water partition coefficient (Wildman–Crippen LogP) is 4.57. The molecule has 1 aliphatic rings. The highest BCUT2D eigenvalue weighted by Gasteiger charge is 2.19. The minimum Gasteiger partial charge on any atom is -0.508 e. The molecule has 0 aliphatic heterocycles. The van der Waals surface area contributed by atoms with Gasteiger partial charge >= 0.3 is 0 Å². The average molecular weight is 346 g/mol. The molecular formula is C20H18N4O2. The van der Waals surface area contributed by atoms with Crippen LogP contribution in [0.5, 0.6) is 5.75 Å². The number of phenolic OH excluding ortho intramolecular Hbond substituents is 1. The number of rotatable bonds is 3. The molecule has 26 heavy (non-hydrogen) atoms. The van der Waals surface area contributed by atoms with Gasteiger partial charge in [-0.1, -0.05) is 18.0 Å². The molecule has 0 saturated heterocycles. The third kappa shape index (κ3) is 2.54. The fourth-order valence-corrected chi connectivity index (χ4v) is 3.71. The van der Waals surface area contributed by atoms with Gasteiger partial charge in [0.15, 0.2) is 0 Å². The van der Waals surface area contributed by atoms with Gasteiger partial charge in [0.2, 0.25) is 5.82 Å². The topological polar surface area (TPSA) is 77.0 Å². The van der Waals surface area contributed by atoms with E-state index in [1.807, 2.05) is 18.5 Å². The normalized spacial score (nSPS) is 15.1. The number of fused-ring (bicyclic) bond motifs is 1. The van der Waals surface area contributed by atoms with Crippen molar-refractivity contribution in [2.45, 2.75) is 31.7 Å². The Kier molecular flexibility index (Phi) is 3.48. The molecule has 0 unspecified atom stereocenters. The molecule has 2 aromatic carbocycles. The molecule has 130 valence electrons.